The minimum absolute atomic E-state index is 0.0916. The standard InChI is InChI=1S/C26H31ClN4O2/c1-4-31(28)16-23(29-25(32)12-13-30(2)3)26(33)21-14-20(22(27)15-24(21)31)19-11-7-9-17-8-5-6-10-18(17)19/h5-6,8,10,14-16,19H,4,7,9,11-13,28H2,1-3H3/p+1. The van der Waals surface area contributed by atoms with Gasteiger partial charge in [0.2, 0.25) is 11.7 Å². The van der Waals surface area contributed by atoms with Gasteiger partial charge >= 0.3 is 0 Å². The van der Waals surface area contributed by atoms with E-state index in [4.69, 9.17) is 17.4 Å². The summed E-state index contributed by atoms with van der Waals surface area (Å²) in [6, 6.07) is 12.2. The Bertz CT molecular complexity index is 1130. The summed E-state index contributed by atoms with van der Waals surface area (Å²) in [4.78, 5) is 27.9. The lowest BCUT2D eigenvalue weighted by Crippen LogP contribution is -2.55. The molecule has 1 amide bonds. The number of allylic oxidation sites excluding steroid dienone is 1. The van der Waals surface area contributed by atoms with E-state index >= 15 is 0 Å². The molecule has 1 aliphatic heterocycles. The third kappa shape index (κ3) is 4.62. The van der Waals surface area contributed by atoms with Crippen molar-refractivity contribution in [2.24, 2.45) is 5.84 Å². The Kier molecular flexibility index (Phi) is 6.73. The largest absolute Gasteiger partial charge is 0.318 e. The van der Waals surface area contributed by atoms with E-state index in [1.807, 2.05) is 38.1 Å². The Balaban J connectivity index is 1.73. The van der Waals surface area contributed by atoms with E-state index in [0.29, 0.717) is 35.8 Å². The fraction of sp³-hybridized carbons (Fsp3) is 0.385. The first-order valence-corrected chi connectivity index (χ1v) is 11.9. The molecule has 33 heavy (non-hydrogen) atoms. The van der Waals surface area contributed by atoms with Gasteiger partial charge in [-0.25, -0.2) is 0 Å². The molecule has 2 aromatic carbocycles. The van der Waals surface area contributed by atoms with Gasteiger partial charge in [0.15, 0.2) is 5.69 Å². The van der Waals surface area contributed by atoms with Crippen LogP contribution in [0, 0.1) is 0 Å². The van der Waals surface area contributed by atoms with Crippen LogP contribution in [-0.2, 0) is 11.2 Å². The summed E-state index contributed by atoms with van der Waals surface area (Å²) in [7, 11) is 3.81. The van der Waals surface area contributed by atoms with Crippen molar-refractivity contribution in [3.05, 3.63) is 75.6 Å². The number of nitrogens with zero attached hydrogens (tertiary/aromatic N) is 2. The maximum atomic E-state index is 13.5. The summed E-state index contributed by atoms with van der Waals surface area (Å²) < 4.78 is -0.0916. The molecule has 0 saturated heterocycles. The van der Waals surface area contributed by atoms with Crippen LogP contribution in [0.1, 0.15) is 59.2 Å². The van der Waals surface area contributed by atoms with Gasteiger partial charge in [-0.2, -0.15) is 10.4 Å². The second-order valence-electron chi connectivity index (χ2n) is 9.25. The number of rotatable bonds is 6. The second kappa shape index (κ2) is 9.39. The van der Waals surface area contributed by atoms with Crippen LogP contribution >= 0.6 is 11.6 Å². The first-order valence-electron chi connectivity index (χ1n) is 11.5. The molecule has 0 spiro atoms. The third-order valence-electron chi connectivity index (χ3n) is 6.74. The molecule has 174 valence electrons. The molecule has 2 unspecified atom stereocenters. The van der Waals surface area contributed by atoms with E-state index in [9.17, 15) is 9.59 Å². The molecular weight excluding hydrogens is 436 g/mol. The van der Waals surface area contributed by atoms with Crippen LogP contribution in [0.2, 0.25) is 5.02 Å². The first-order chi connectivity index (χ1) is 15.7. The van der Waals surface area contributed by atoms with Crippen LogP contribution in [0.15, 0.2) is 48.3 Å². The van der Waals surface area contributed by atoms with Crippen LogP contribution in [0.4, 0.5) is 5.69 Å². The fourth-order valence-electron chi connectivity index (χ4n) is 4.84. The number of hydrogen-bond donors (Lipinski definition) is 2. The topological polar surface area (TPSA) is 75.4 Å². The molecule has 0 bridgehead atoms. The molecule has 1 aliphatic carbocycles. The van der Waals surface area contributed by atoms with Crippen molar-refractivity contribution in [2.45, 2.75) is 38.5 Å². The van der Waals surface area contributed by atoms with Gasteiger partial charge in [-0.3, -0.25) is 9.59 Å². The highest BCUT2D eigenvalue weighted by Crippen LogP contribution is 2.43. The Labute approximate surface area is 200 Å². The van der Waals surface area contributed by atoms with E-state index in [0.717, 1.165) is 24.8 Å². The zero-order valence-electron chi connectivity index (χ0n) is 19.5. The molecule has 3 N–H and O–H groups in total. The van der Waals surface area contributed by atoms with Gasteiger partial charge in [-0.1, -0.05) is 35.9 Å². The number of carbonyl (C=O) groups excluding carboxylic acids is 2. The zero-order chi connectivity index (χ0) is 23.8. The molecule has 2 aliphatic rings. The number of nitrogens with two attached hydrogens (primary N) is 1. The van der Waals surface area contributed by atoms with Gasteiger partial charge < -0.3 is 10.2 Å². The minimum atomic E-state index is -0.224. The zero-order valence-corrected chi connectivity index (χ0v) is 20.3. The summed E-state index contributed by atoms with van der Waals surface area (Å²) in [5.41, 5.74) is 4.94. The number of amides is 1. The highest BCUT2D eigenvalue weighted by Gasteiger charge is 2.39. The van der Waals surface area contributed by atoms with Gasteiger partial charge in [0, 0.05) is 24.9 Å². The lowest BCUT2D eigenvalue weighted by Gasteiger charge is -2.34. The van der Waals surface area contributed by atoms with Crippen molar-refractivity contribution < 1.29 is 9.59 Å². The van der Waals surface area contributed by atoms with E-state index in [-0.39, 0.29) is 27.9 Å². The number of ketones is 1. The number of halogens is 1. The van der Waals surface area contributed by atoms with Crippen LogP contribution < -0.4 is 15.8 Å². The maximum Gasteiger partial charge on any atom is 0.225 e. The van der Waals surface area contributed by atoms with Gasteiger partial charge in [0.25, 0.3) is 0 Å². The third-order valence-corrected chi connectivity index (χ3v) is 7.07. The van der Waals surface area contributed by atoms with Crippen molar-refractivity contribution in [3.63, 3.8) is 0 Å². The summed E-state index contributed by atoms with van der Waals surface area (Å²) in [5.74, 6) is 6.39. The average Bonchev–Trinajstić information content (AvgIpc) is 2.80. The number of nitrogens with one attached hydrogen (secondary N) is 1. The van der Waals surface area contributed by atoms with Crippen LogP contribution in [0.25, 0.3) is 0 Å². The molecule has 1 heterocycles. The number of fused-ring (bicyclic) bond motifs is 2. The summed E-state index contributed by atoms with van der Waals surface area (Å²) in [5, 5.41) is 3.42. The predicted octanol–water partition coefficient (Wildman–Crippen LogP) is 4.11. The fourth-order valence-corrected chi connectivity index (χ4v) is 5.13. The number of aryl methyl sites for hydroxylation is 1. The molecule has 2 atom stereocenters. The number of benzene rings is 2. The van der Waals surface area contributed by atoms with Crippen molar-refractivity contribution in [1.29, 1.82) is 0 Å². The van der Waals surface area contributed by atoms with Crippen LogP contribution in [0.5, 0.6) is 0 Å². The van der Waals surface area contributed by atoms with E-state index in [1.54, 1.807) is 6.20 Å². The number of quaternary nitrogens is 1. The molecule has 2 aromatic rings. The molecule has 0 aromatic heterocycles. The van der Waals surface area contributed by atoms with Gasteiger partial charge in [0.05, 0.1) is 10.6 Å². The quantitative estimate of drug-likeness (QED) is 0.495. The Morgan fingerprint density at radius 3 is 2.73 bits per heavy atom. The lowest BCUT2D eigenvalue weighted by molar-refractivity contribution is -0.120. The number of hydrogen-bond acceptors (Lipinski definition) is 4. The van der Waals surface area contributed by atoms with E-state index in [2.05, 4.69) is 29.6 Å². The normalized spacial score (nSPS) is 21.9. The number of carbonyl (C=O) groups is 2. The molecule has 6 nitrogen and oxygen atoms in total. The molecule has 0 radical (unpaired) electrons. The summed E-state index contributed by atoms with van der Waals surface area (Å²) in [6.07, 6.45) is 5.03. The maximum absolute atomic E-state index is 13.5. The second-order valence-corrected chi connectivity index (χ2v) is 9.66. The smallest absolute Gasteiger partial charge is 0.225 e. The van der Waals surface area contributed by atoms with Crippen molar-refractivity contribution >= 4 is 29.0 Å². The van der Waals surface area contributed by atoms with Gasteiger partial charge in [0.1, 0.15) is 18.4 Å². The van der Waals surface area contributed by atoms with Crippen LogP contribution in [0.3, 0.4) is 0 Å². The molecule has 0 fully saturated rings. The monoisotopic (exact) mass is 467 g/mol. The lowest BCUT2D eigenvalue weighted by atomic mass is 9.78. The molecule has 4 rings (SSSR count). The highest BCUT2D eigenvalue weighted by molar-refractivity contribution is 6.32. The summed E-state index contributed by atoms with van der Waals surface area (Å²) in [6.45, 7) is 3.06. The van der Waals surface area contributed by atoms with Crippen molar-refractivity contribution in [1.82, 2.24) is 14.8 Å². The van der Waals surface area contributed by atoms with E-state index in [1.165, 1.54) is 11.1 Å². The van der Waals surface area contributed by atoms with Crippen molar-refractivity contribution in [3.8, 4) is 0 Å². The van der Waals surface area contributed by atoms with Gasteiger partial charge in [-0.15, -0.1) is 0 Å². The average molecular weight is 468 g/mol. The van der Waals surface area contributed by atoms with Crippen LogP contribution in [-0.4, -0.2) is 43.8 Å². The molecule has 7 heteroatoms. The summed E-state index contributed by atoms with van der Waals surface area (Å²) >= 11 is 6.81. The number of Topliss-reactive ketones (excluding diaryl/α,β-unsaturated/α-hetero) is 1. The highest BCUT2D eigenvalue weighted by atomic mass is 35.5. The predicted molar refractivity (Wildman–Crippen MR) is 133 cm³/mol. The first kappa shape index (κ1) is 23.6. The minimum Gasteiger partial charge on any atom is -0.318 e. The SMILES string of the molecule is CC[N+]1(N)C=C(NC(=O)CCN(C)C)C(=O)c2cc(C3CCCc4ccccc43)c(Cl)cc21. The Hall–Kier alpha value is -2.51. The molecular formula is C26H32ClN4O2+. The molecule has 0 saturated carbocycles. The van der Waals surface area contributed by atoms with Gasteiger partial charge in [-0.05, 0) is 63.0 Å². The van der Waals surface area contributed by atoms with E-state index < -0.39 is 0 Å². The Morgan fingerprint density at radius 1 is 1.24 bits per heavy atom. The Morgan fingerprint density at radius 2 is 2.00 bits per heavy atom. The van der Waals surface area contributed by atoms with Crippen molar-refractivity contribution in [2.75, 3.05) is 27.2 Å².